The van der Waals surface area contributed by atoms with Gasteiger partial charge < -0.3 is 0 Å². The Balaban J connectivity index is 2.41. The molecule has 1 fully saturated rings. The molecule has 0 aromatic carbocycles. The molecule has 6 heteroatoms. The Labute approximate surface area is 73.4 Å². The molecule has 0 radical (unpaired) electrons. The lowest BCUT2D eigenvalue weighted by Crippen LogP contribution is -2.63. The minimum Gasteiger partial charge on any atom is -0.256 e. The first kappa shape index (κ1) is 9.85. The maximum absolute atomic E-state index is 3.10. The fourth-order valence-corrected chi connectivity index (χ4v) is 1.18. The molecule has 0 aromatic heterocycles. The van der Waals surface area contributed by atoms with Gasteiger partial charge in [-0.3, -0.25) is 16.3 Å². The largest absolute Gasteiger partial charge is 0.256 e. The molecule has 1 saturated heterocycles. The number of nitrogens with one attached hydrogen (secondary N) is 3. The van der Waals surface area contributed by atoms with E-state index in [4.69, 9.17) is 0 Å². The Hall–Kier alpha value is -0.240. The predicted molar refractivity (Wildman–Crippen MR) is 47.3 cm³/mol. The van der Waals surface area contributed by atoms with Crippen LogP contribution < -0.4 is 16.3 Å². The van der Waals surface area contributed by atoms with Gasteiger partial charge in [0.25, 0.3) is 0 Å². The molecule has 0 spiro atoms. The van der Waals surface area contributed by atoms with Crippen LogP contribution in [-0.4, -0.2) is 56.2 Å². The third-order valence-electron chi connectivity index (χ3n) is 1.97. The van der Waals surface area contributed by atoms with Crippen LogP contribution in [0.1, 0.15) is 0 Å². The van der Waals surface area contributed by atoms with E-state index in [2.05, 4.69) is 31.3 Å². The first-order valence-electron chi connectivity index (χ1n) is 4.07. The SMILES string of the molecule is CNN1CN(NC)CN(NC)C1. The van der Waals surface area contributed by atoms with Crippen molar-refractivity contribution in [3.8, 4) is 0 Å². The summed E-state index contributed by atoms with van der Waals surface area (Å²) in [6.45, 7) is 2.64. The zero-order valence-electron chi connectivity index (χ0n) is 7.96. The predicted octanol–water partition coefficient (Wildman–Crippen LogP) is -1.82. The monoisotopic (exact) mass is 174 g/mol. The molecule has 1 aliphatic heterocycles. The van der Waals surface area contributed by atoms with Crippen LogP contribution in [0.2, 0.25) is 0 Å². The minimum absolute atomic E-state index is 0.880. The molecule has 0 aromatic rings. The Morgan fingerprint density at radius 3 is 1.08 bits per heavy atom. The van der Waals surface area contributed by atoms with Gasteiger partial charge in [-0.2, -0.15) is 0 Å². The standard InChI is InChI=1S/C6H18N6/c1-7-10-4-11(8-2)6-12(5-10)9-3/h7-9H,4-6H2,1-3H3. The van der Waals surface area contributed by atoms with Gasteiger partial charge in [-0.25, -0.2) is 15.0 Å². The van der Waals surface area contributed by atoms with Crippen molar-refractivity contribution >= 4 is 0 Å². The van der Waals surface area contributed by atoms with Crippen LogP contribution in [0.15, 0.2) is 0 Å². The molecular weight excluding hydrogens is 156 g/mol. The van der Waals surface area contributed by atoms with Crippen molar-refractivity contribution in [1.82, 2.24) is 31.3 Å². The molecule has 72 valence electrons. The van der Waals surface area contributed by atoms with E-state index < -0.39 is 0 Å². The second-order valence-corrected chi connectivity index (χ2v) is 2.71. The Morgan fingerprint density at radius 1 is 0.667 bits per heavy atom. The molecule has 12 heavy (non-hydrogen) atoms. The highest BCUT2D eigenvalue weighted by molar-refractivity contribution is 4.58. The average Bonchev–Trinajstić information content (AvgIpc) is 2.16. The molecule has 6 nitrogen and oxygen atoms in total. The molecule has 0 unspecified atom stereocenters. The van der Waals surface area contributed by atoms with Gasteiger partial charge >= 0.3 is 0 Å². The second kappa shape index (κ2) is 4.70. The summed E-state index contributed by atoms with van der Waals surface area (Å²) >= 11 is 0. The molecule has 1 heterocycles. The topological polar surface area (TPSA) is 45.8 Å². The van der Waals surface area contributed by atoms with E-state index in [1.807, 2.05) is 21.1 Å². The van der Waals surface area contributed by atoms with Crippen molar-refractivity contribution in [2.24, 2.45) is 0 Å². The van der Waals surface area contributed by atoms with E-state index in [1.165, 1.54) is 0 Å². The van der Waals surface area contributed by atoms with Crippen molar-refractivity contribution in [1.29, 1.82) is 0 Å². The fourth-order valence-electron chi connectivity index (χ4n) is 1.18. The van der Waals surface area contributed by atoms with Crippen LogP contribution >= 0.6 is 0 Å². The summed E-state index contributed by atoms with van der Waals surface area (Å²) in [5.74, 6) is 0. The first-order valence-corrected chi connectivity index (χ1v) is 4.07. The molecule has 1 rings (SSSR count). The van der Waals surface area contributed by atoms with Crippen LogP contribution in [0.5, 0.6) is 0 Å². The molecule has 0 bridgehead atoms. The average molecular weight is 174 g/mol. The van der Waals surface area contributed by atoms with Crippen molar-refractivity contribution in [2.45, 2.75) is 0 Å². The quantitative estimate of drug-likeness (QED) is 0.468. The number of hydrogen-bond acceptors (Lipinski definition) is 6. The number of nitrogens with zero attached hydrogens (tertiary/aromatic N) is 3. The van der Waals surface area contributed by atoms with Crippen molar-refractivity contribution in [2.75, 3.05) is 41.1 Å². The highest BCUT2D eigenvalue weighted by atomic mass is 15.8. The molecule has 0 aliphatic carbocycles. The first-order chi connectivity index (χ1) is 5.80. The summed E-state index contributed by atoms with van der Waals surface area (Å²) in [6.07, 6.45) is 0. The van der Waals surface area contributed by atoms with E-state index in [1.54, 1.807) is 0 Å². The van der Waals surface area contributed by atoms with Crippen LogP contribution in [0.4, 0.5) is 0 Å². The maximum atomic E-state index is 3.10. The number of rotatable bonds is 3. The Bertz CT molecular complexity index is 99.4. The summed E-state index contributed by atoms with van der Waals surface area (Å²) in [5.41, 5.74) is 9.31. The van der Waals surface area contributed by atoms with Crippen molar-refractivity contribution < 1.29 is 0 Å². The summed E-state index contributed by atoms with van der Waals surface area (Å²) < 4.78 is 0. The molecule has 0 atom stereocenters. The summed E-state index contributed by atoms with van der Waals surface area (Å²) in [4.78, 5) is 0. The maximum Gasteiger partial charge on any atom is 0.0812 e. The van der Waals surface area contributed by atoms with Gasteiger partial charge in [0.05, 0.1) is 20.0 Å². The van der Waals surface area contributed by atoms with Crippen molar-refractivity contribution in [3.63, 3.8) is 0 Å². The molecular formula is C6H18N6. The molecule has 3 N–H and O–H groups in total. The zero-order valence-corrected chi connectivity index (χ0v) is 7.96. The minimum atomic E-state index is 0.880. The Kier molecular flexibility index (Phi) is 3.86. The van der Waals surface area contributed by atoms with Crippen LogP contribution in [0.25, 0.3) is 0 Å². The lowest BCUT2D eigenvalue weighted by Gasteiger charge is -2.40. The lowest BCUT2D eigenvalue weighted by atomic mass is 10.7. The van der Waals surface area contributed by atoms with Crippen LogP contribution in [0.3, 0.4) is 0 Å². The van der Waals surface area contributed by atoms with Gasteiger partial charge in [0.15, 0.2) is 0 Å². The normalized spacial score (nSPS) is 23.2. The molecule has 1 aliphatic rings. The van der Waals surface area contributed by atoms with Gasteiger partial charge in [0, 0.05) is 0 Å². The Morgan fingerprint density at radius 2 is 0.917 bits per heavy atom. The molecule has 0 amide bonds. The van der Waals surface area contributed by atoms with Gasteiger partial charge in [0.2, 0.25) is 0 Å². The third-order valence-corrected chi connectivity index (χ3v) is 1.97. The van der Waals surface area contributed by atoms with E-state index in [-0.39, 0.29) is 0 Å². The van der Waals surface area contributed by atoms with Gasteiger partial charge in [-0.1, -0.05) is 0 Å². The summed E-state index contributed by atoms with van der Waals surface area (Å²) in [6, 6.07) is 0. The number of hydrogen-bond donors (Lipinski definition) is 3. The lowest BCUT2D eigenvalue weighted by molar-refractivity contribution is -0.0894. The third kappa shape index (κ3) is 2.37. The highest BCUT2D eigenvalue weighted by Gasteiger charge is 2.19. The highest BCUT2D eigenvalue weighted by Crippen LogP contribution is 1.98. The molecule has 0 saturated carbocycles. The van der Waals surface area contributed by atoms with E-state index >= 15 is 0 Å². The van der Waals surface area contributed by atoms with Crippen molar-refractivity contribution in [3.05, 3.63) is 0 Å². The van der Waals surface area contributed by atoms with E-state index in [0.29, 0.717) is 0 Å². The van der Waals surface area contributed by atoms with Crippen LogP contribution in [-0.2, 0) is 0 Å². The number of hydrazine groups is 3. The summed E-state index contributed by atoms with van der Waals surface area (Å²) in [5, 5.41) is 6.28. The fraction of sp³-hybridized carbons (Fsp3) is 1.00. The van der Waals surface area contributed by atoms with Gasteiger partial charge in [0.1, 0.15) is 0 Å². The zero-order chi connectivity index (χ0) is 8.97. The summed E-state index contributed by atoms with van der Waals surface area (Å²) in [7, 11) is 5.77. The van der Waals surface area contributed by atoms with Crippen LogP contribution in [0, 0.1) is 0 Å². The van der Waals surface area contributed by atoms with E-state index in [9.17, 15) is 0 Å². The van der Waals surface area contributed by atoms with Gasteiger partial charge in [-0.05, 0) is 21.1 Å². The van der Waals surface area contributed by atoms with Gasteiger partial charge in [-0.15, -0.1) is 0 Å². The van der Waals surface area contributed by atoms with E-state index in [0.717, 1.165) is 20.0 Å². The second-order valence-electron chi connectivity index (χ2n) is 2.71. The smallest absolute Gasteiger partial charge is 0.0812 e.